The van der Waals surface area contributed by atoms with Crippen LogP contribution in [0.4, 0.5) is 0 Å². The lowest BCUT2D eigenvalue weighted by Gasteiger charge is -2.20. The maximum atomic E-state index is 5.60. The summed E-state index contributed by atoms with van der Waals surface area (Å²) in [5.41, 5.74) is 2.36. The van der Waals surface area contributed by atoms with Gasteiger partial charge < -0.3 is 10.1 Å². The predicted octanol–water partition coefficient (Wildman–Crippen LogP) is 2.91. The van der Waals surface area contributed by atoms with Gasteiger partial charge in [0.1, 0.15) is 5.75 Å². The average Bonchev–Trinajstić information content (AvgIpc) is 2.87. The van der Waals surface area contributed by atoms with E-state index in [1.165, 1.54) is 5.56 Å². The highest BCUT2D eigenvalue weighted by atomic mass is 16.5. The highest BCUT2D eigenvalue weighted by Gasteiger charge is 2.17. The Kier molecular flexibility index (Phi) is 5.18. The van der Waals surface area contributed by atoms with Gasteiger partial charge in [-0.2, -0.15) is 5.10 Å². The number of ether oxygens (including phenoxy) is 1. The molecule has 2 aromatic rings. The van der Waals surface area contributed by atoms with Crippen molar-refractivity contribution < 1.29 is 4.74 Å². The number of benzene rings is 1. The van der Waals surface area contributed by atoms with Gasteiger partial charge in [0.05, 0.1) is 18.3 Å². The maximum absolute atomic E-state index is 5.60. The lowest BCUT2D eigenvalue weighted by molar-refractivity contribution is 0.339. The van der Waals surface area contributed by atoms with Crippen molar-refractivity contribution in [2.45, 2.75) is 26.3 Å². The molecule has 0 amide bonds. The minimum atomic E-state index is 0.142. The van der Waals surface area contributed by atoms with Gasteiger partial charge in [-0.25, -0.2) is 0 Å². The average molecular weight is 273 g/mol. The third-order valence-electron chi connectivity index (χ3n) is 3.26. The lowest BCUT2D eigenvalue weighted by Crippen LogP contribution is -2.25. The van der Waals surface area contributed by atoms with Crippen molar-refractivity contribution in [2.24, 2.45) is 7.05 Å². The number of rotatable bonds is 7. The number of hydrogen-bond donors (Lipinski definition) is 1. The van der Waals surface area contributed by atoms with Gasteiger partial charge in [0.2, 0.25) is 0 Å². The van der Waals surface area contributed by atoms with Gasteiger partial charge in [0.15, 0.2) is 0 Å². The van der Waals surface area contributed by atoms with Crippen LogP contribution in [0.15, 0.2) is 36.5 Å². The molecule has 0 spiro atoms. The summed E-state index contributed by atoms with van der Waals surface area (Å²) >= 11 is 0. The van der Waals surface area contributed by atoms with Gasteiger partial charge >= 0.3 is 0 Å². The fourth-order valence-corrected chi connectivity index (χ4v) is 2.30. The Bertz CT molecular complexity index is 536. The van der Waals surface area contributed by atoms with Crippen molar-refractivity contribution in [1.82, 2.24) is 15.1 Å². The van der Waals surface area contributed by atoms with Crippen molar-refractivity contribution >= 4 is 0 Å². The van der Waals surface area contributed by atoms with Crippen LogP contribution in [0.1, 0.15) is 37.6 Å². The van der Waals surface area contributed by atoms with E-state index in [0.717, 1.165) is 24.4 Å². The van der Waals surface area contributed by atoms with E-state index < -0.39 is 0 Å². The first-order valence-corrected chi connectivity index (χ1v) is 7.20. The summed E-state index contributed by atoms with van der Waals surface area (Å²) in [7, 11) is 1.97. The minimum absolute atomic E-state index is 0.142. The van der Waals surface area contributed by atoms with Crippen LogP contribution in [0.5, 0.6) is 5.75 Å². The zero-order valence-electron chi connectivity index (χ0n) is 12.5. The van der Waals surface area contributed by atoms with Crippen LogP contribution in [0.2, 0.25) is 0 Å². The fraction of sp³-hybridized carbons (Fsp3) is 0.438. The molecule has 108 valence electrons. The molecular formula is C16H23N3O. The van der Waals surface area contributed by atoms with E-state index in [1.807, 2.05) is 37.0 Å². The highest BCUT2D eigenvalue weighted by molar-refractivity contribution is 5.34. The van der Waals surface area contributed by atoms with Crippen molar-refractivity contribution in [3.8, 4) is 5.75 Å². The molecule has 0 saturated heterocycles. The third kappa shape index (κ3) is 3.39. The zero-order valence-corrected chi connectivity index (χ0v) is 12.5. The molecule has 0 aliphatic carbocycles. The maximum Gasteiger partial charge on any atom is 0.119 e. The standard InChI is InChI=1S/C16H23N3O/c1-4-10-17-16(15-9-11-18-19(15)3)13-7-6-8-14(12-13)20-5-2/h6-9,11-12,16-17H,4-5,10H2,1-3H3. The molecule has 1 unspecified atom stereocenters. The summed E-state index contributed by atoms with van der Waals surface area (Å²) in [6.07, 6.45) is 2.93. The first-order chi connectivity index (χ1) is 9.76. The van der Waals surface area contributed by atoms with Gasteiger partial charge in [-0.3, -0.25) is 4.68 Å². The fourth-order valence-electron chi connectivity index (χ4n) is 2.30. The number of aryl methyl sites for hydroxylation is 1. The molecule has 0 bridgehead atoms. The largest absolute Gasteiger partial charge is 0.494 e. The molecule has 1 aromatic carbocycles. The normalized spacial score (nSPS) is 12.3. The molecule has 0 fully saturated rings. The predicted molar refractivity (Wildman–Crippen MR) is 81.0 cm³/mol. The van der Waals surface area contributed by atoms with Gasteiger partial charge in [-0.05, 0) is 43.7 Å². The topological polar surface area (TPSA) is 39.1 Å². The third-order valence-corrected chi connectivity index (χ3v) is 3.26. The molecule has 1 heterocycles. The zero-order chi connectivity index (χ0) is 14.4. The quantitative estimate of drug-likeness (QED) is 0.843. The Hall–Kier alpha value is -1.81. The summed E-state index contributed by atoms with van der Waals surface area (Å²) in [6, 6.07) is 10.5. The Morgan fingerprint density at radius 2 is 2.15 bits per heavy atom. The second-order valence-electron chi connectivity index (χ2n) is 4.77. The van der Waals surface area contributed by atoms with Crippen molar-refractivity contribution in [2.75, 3.05) is 13.2 Å². The number of hydrogen-bond acceptors (Lipinski definition) is 3. The Labute approximate surface area is 120 Å². The Balaban J connectivity index is 2.31. The molecule has 1 atom stereocenters. The molecule has 0 aliphatic heterocycles. The molecule has 0 aliphatic rings. The monoisotopic (exact) mass is 273 g/mol. The molecular weight excluding hydrogens is 250 g/mol. The first kappa shape index (κ1) is 14.6. The van der Waals surface area contributed by atoms with Crippen molar-refractivity contribution in [3.05, 3.63) is 47.8 Å². The van der Waals surface area contributed by atoms with Gasteiger partial charge in [-0.15, -0.1) is 0 Å². The molecule has 0 radical (unpaired) electrons. The van der Waals surface area contributed by atoms with Gasteiger partial charge in [-0.1, -0.05) is 19.1 Å². The summed E-state index contributed by atoms with van der Waals surface area (Å²) in [4.78, 5) is 0. The van der Waals surface area contributed by atoms with E-state index in [9.17, 15) is 0 Å². The lowest BCUT2D eigenvalue weighted by atomic mass is 10.0. The van der Waals surface area contributed by atoms with E-state index in [2.05, 4.69) is 35.5 Å². The number of aromatic nitrogens is 2. The smallest absolute Gasteiger partial charge is 0.119 e. The highest BCUT2D eigenvalue weighted by Crippen LogP contribution is 2.25. The summed E-state index contributed by atoms with van der Waals surface area (Å²) in [6.45, 7) is 5.82. The molecule has 4 nitrogen and oxygen atoms in total. The van der Waals surface area contributed by atoms with Gasteiger partial charge in [0, 0.05) is 13.2 Å². The van der Waals surface area contributed by atoms with Crippen LogP contribution < -0.4 is 10.1 Å². The summed E-state index contributed by atoms with van der Waals surface area (Å²) < 4.78 is 7.52. The molecule has 0 saturated carbocycles. The van der Waals surface area contributed by atoms with Crippen LogP contribution in [0.3, 0.4) is 0 Å². The van der Waals surface area contributed by atoms with Crippen LogP contribution in [-0.2, 0) is 7.05 Å². The number of nitrogens with zero attached hydrogens (tertiary/aromatic N) is 2. The Morgan fingerprint density at radius 3 is 2.80 bits per heavy atom. The minimum Gasteiger partial charge on any atom is -0.494 e. The molecule has 20 heavy (non-hydrogen) atoms. The molecule has 2 rings (SSSR count). The van der Waals surface area contributed by atoms with Gasteiger partial charge in [0.25, 0.3) is 0 Å². The van der Waals surface area contributed by atoms with Crippen LogP contribution >= 0.6 is 0 Å². The second kappa shape index (κ2) is 7.10. The SMILES string of the molecule is CCCNC(c1cccc(OCC)c1)c1ccnn1C. The summed E-state index contributed by atoms with van der Waals surface area (Å²) in [5, 5.41) is 7.86. The van der Waals surface area contributed by atoms with E-state index >= 15 is 0 Å². The van der Waals surface area contributed by atoms with Crippen molar-refractivity contribution in [1.29, 1.82) is 0 Å². The van der Waals surface area contributed by atoms with E-state index in [0.29, 0.717) is 6.61 Å². The van der Waals surface area contributed by atoms with Crippen molar-refractivity contribution in [3.63, 3.8) is 0 Å². The summed E-state index contributed by atoms with van der Waals surface area (Å²) in [5.74, 6) is 0.912. The Morgan fingerprint density at radius 1 is 1.30 bits per heavy atom. The molecule has 4 heteroatoms. The molecule has 1 N–H and O–H groups in total. The van der Waals surface area contributed by atoms with E-state index in [-0.39, 0.29) is 6.04 Å². The van der Waals surface area contributed by atoms with Crippen LogP contribution in [0, 0.1) is 0 Å². The second-order valence-corrected chi connectivity index (χ2v) is 4.77. The van der Waals surface area contributed by atoms with Crippen LogP contribution in [-0.4, -0.2) is 22.9 Å². The number of nitrogens with one attached hydrogen (secondary N) is 1. The van der Waals surface area contributed by atoms with E-state index in [1.54, 1.807) is 0 Å². The van der Waals surface area contributed by atoms with E-state index in [4.69, 9.17) is 4.74 Å². The molecule has 1 aromatic heterocycles. The van der Waals surface area contributed by atoms with Crippen LogP contribution in [0.25, 0.3) is 0 Å². The first-order valence-electron chi connectivity index (χ1n) is 7.20.